The van der Waals surface area contributed by atoms with Crippen molar-refractivity contribution in [2.45, 2.75) is 19.1 Å². The van der Waals surface area contributed by atoms with Gasteiger partial charge in [0.25, 0.3) is 0 Å². The Hall–Kier alpha value is -1.68. The Balaban J connectivity index is 0.00000320. The van der Waals surface area contributed by atoms with Gasteiger partial charge in [-0.15, -0.1) is 24.0 Å². The van der Waals surface area contributed by atoms with Gasteiger partial charge in [0.1, 0.15) is 0 Å². The highest BCUT2D eigenvalue weighted by atomic mass is 127. The lowest BCUT2D eigenvalue weighted by atomic mass is 10.0. The number of para-hydroxylation sites is 1. The smallest absolute Gasteiger partial charge is 0.193 e. The molecule has 2 aromatic carbocycles. The van der Waals surface area contributed by atoms with Crippen LogP contribution in [0.3, 0.4) is 0 Å². The predicted octanol–water partition coefficient (Wildman–Crippen LogP) is 3.56. The maximum absolute atomic E-state index is 6.10. The zero-order valence-electron chi connectivity index (χ0n) is 18.0. The minimum Gasteiger partial charge on any atom is -0.380 e. The molecule has 6 nitrogen and oxygen atoms in total. The molecule has 3 N–H and O–H groups in total. The summed E-state index contributed by atoms with van der Waals surface area (Å²) in [6.45, 7) is 5.52. The molecule has 30 heavy (non-hydrogen) atoms. The number of hydrogen-bond donors (Lipinski definition) is 2. The minimum absolute atomic E-state index is 0. The van der Waals surface area contributed by atoms with E-state index in [2.05, 4.69) is 57.5 Å². The van der Waals surface area contributed by atoms with Crippen LogP contribution in [0.1, 0.15) is 23.6 Å². The standard InChI is InChI=1S/C23H33N5O.HI/c1-27-15-16-28(22(17-27)19-9-4-3-5-10-19)14-8-13-25-23(24)26-21-12-7-6-11-20(21)18-29-2;/h3-7,9-12,22H,8,13-18H2,1-2H3,(H3,24,25,26);1H. The van der Waals surface area contributed by atoms with Crippen LogP contribution in [0.15, 0.2) is 59.6 Å². The van der Waals surface area contributed by atoms with E-state index in [0.717, 1.165) is 43.9 Å². The minimum atomic E-state index is 0. The van der Waals surface area contributed by atoms with Crippen molar-refractivity contribution in [3.05, 3.63) is 65.7 Å². The third kappa shape index (κ3) is 7.23. The van der Waals surface area contributed by atoms with Crippen molar-refractivity contribution >= 4 is 35.6 Å². The van der Waals surface area contributed by atoms with Crippen molar-refractivity contribution in [2.24, 2.45) is 10.7 Å². The topological polar surface area (TPSA) is 66.1 Å². The molecule has 3 rings (SSSR count). The summed E-state index contributed by atoms with van der Waals surface area (Å²) < 4.78 is 5.24. The molecule has 0 amide bonds. The summed E-state index contributed by atoms with van der Waals surface area (Å²) in [7, 11) is 3.89. The first-order chi connectivity index (χ1) is 14.2. The zero-order chi connectivity index (χ0) is 20.5. The van der Waals surface area contributed by atoms with Crippen molar-refractivity contribution in [1.82, 2.24) is 9.80 Å². The molecule has 2 aromatic rings. The number of benzene rings is 2. The summed E-state index contributed by atoms with van der Waals surface area (Å²) in [4.78, 5) is 9.50. The van der Waals surface area contributed by atoms with Crippen LogP contribution in [0.5, 0.6) is 0 Å². The number of ether oxygens (including phenoxy) is 1. The van der Waals surface area contributed by atoms with E-state index in [4.69, 9.17) is 10.5 Å². The number of rotatable bonds is 8. The van der Waals surface area contributed by atoms with Gasteiger partial charge < -0.3 is 20.7 Å². The number of nitrogens with one attached hydrogen (secondary N) is 1. The molecule has 0 radical (unpaired) electrons. The molecule has 0 spiro atoms. The number of piperazine rings is 1. The Labute approximate surface area is 197 Å². The molecule has 1 fully saturated rings. The zero-order valence-corrected chi connectivity index (χ0v) is 20.3. The summed E-state index contributed by atoms with van der Waals surface area (Å²) in [5, 5.41) is 3.20. The van der Waals surface area contributed by atoms with Gasteiger partial charge in [-0.25, -0.2) is 0 Å². The lowest BCUT2D eigenvalue weighted by Crippen LogP contribution is -2.47. The van der Waals surface area contributed by atoms with Crippen molar-refractivity contribution < 1.29 is 4.74 Å². The number of nitrogens with two attached hydrogens (primary N) is 1. The van der Waals surface area contributed by atoms with Crippen LogP contribution in [0.2, 0.25) is 0 Å². The Morgan fingerprint density at radius 1 is 1.13 bits per heavy atom. The molecule has 0 saturated carbocycles. The molecule has 0 aliphatic carbocycles. The van der Waals surface area contributed by atoms with E-state index in [-0.39, 0.29) is 24.0 Å². The van der Waals surface area contributed by atoms with Crippen LogP contribution < -0.4 is 11.1 Å². The Morgan fingerprint density at radius 3 is 2.63 bits per heavy atom. The predicted molar refractivity (Wildman–Crippen MR) is 136 cm³/mol. The lowest BCUT2D eigenvalue weighted by molar-refractivity contribution is 0.0894. The number of likely N-dealkylation sites (N-methyl/N-ethyl adjacent to an activating group) is 1. The van der Waals surface area contributed by atoms with Gasteiger partial charge in [0.2, 0.25) is 0 Å². The van der Waals surface area contributed by atoms with E-state index in [1.807, 2.05) is 24.3 Å². The van der Waals surface area contributed by atoms with Crippen molar-refractivity contribution in [3.63, 3.8) is 0 Å². The molecule has 1 aliphatic rings. The third-order valence-electron chi connectivity index (χ3n) is 5.34. The van der Waals surface area contributed by atoms with Gasteiger partial charge in [0.15, 0.2) is 5.96 Å². The molecular weight excluding hydrogens is 489 g/mol. The summed E-state index contributed by atoms with van der Waals surface area (Å²) in [6.07, 6.45) is 0.981. The van der Waals surface area contributed by atoms with Gasteiger partial charge in [-0.05, 0) is 25.1 Å². The molecular formula is C23H34IN5O. The van der Waals surface area contributed by atoms with E-state index >= 15 is 0 Å². The monoisotopic (exact) mass is 523 g/mol. The normalized spacial score (nSPS) is 18.1. The number of halogens is 1. The van der Waals surface area contributed by atoms with E-state index in [0.29, 0.717) is 25.2 Å². The maximum atomic E-state index is 6.10. The maximum Gasteiger partial charge on any atom is 0.193 e. The molecule has 0 bridgehead atoms. The summed E-state index contributed by atoms with van der Waals surface area (Å²) in [6, 6.07) is 19.2. The Bertz CT molecular complexity index is 786. The van der Waals surface area contributed by atoms with Crippen LogP contribution in [0, 0.1) is 0 Å². The fourth-order valence-electron chi connectivity index (χ4n) is 3.79. The van der Waals surface area contributed by atoms with Crippen LogP contribution in [-0.2, 0) is 11.3 Å². The highest BCUT2D eigenvalue weighted by Gasteiger charge is 2.25. The first-order valence-corrected chi connectivity index (χ1v) is 10.3. The SMILES string of the molecule is COCc1ccccc1NC(N)=NCCCN1CCN(C)CC1c1ccccc1.I. The Morgan fingerprint density at radius 2 is 1.87 bits per heavy atom. The van der Waals surface area contributed by atoms with E-state index in [1.54, 1.807) is 7.11 Å². The fraction of sp³-hybridized carbons (Fsp3) is 0.435. The van der Waals surface area contributed by atoms with Gasteiger partial charge in [-0.2, -0.15) is 0 Å². The average molecular weight is 523 g/mol. The molecule has 0 aromatic heterocycles. The number of nitrogens with zero attached hydrogens (tertiary/aromatic N) is 3. The molecule has 164 valence electrons. The van der Waals surface area contributed by atoms with Crippen molar-refractivity contribution in [3.8, 4) is 0 Å². The first kappa shape index (κ1) is 24.6. The first-order valence-electron chi connectivity index (χ1n) is 10.3. The van der Waals surface area contributed by atoms with E-state index < -0.39 is 0 Å². The van der Waals surface area contributed by atoms with Crippen molar-refractivity contribution in [2.75, 3.05) is 52.2 Å². The second-order valence-corrected chi connectivity index (χ2v) is 7.56. The lowest BCUT2D eigenvalue weighted by Gasteiger charge is -2.40. The van der Waals surface area contributed by atoms with Crippen LogP contribution in [-0.4, -0.2) is 62.6 Å². The molecule has 1 saturated heterocycles. The summed E-state index contributed by atoms with van der Waals surface area (Å²) >= 11 is 0. The number of methoxy groups -OCH3 is 1. The van der Waals surface area contributed by atoms with Gasteiger partial charge in [-0.3, -0.25) is 9.89 Å². The number of hydrogen-bond acceptors (Lipinski definition) is 4. The van der Waals surface area contributed by atoms with Crippen LogP contribution in [0.25, 0.3) is 0 Å². The summed E-state index contributed by atoms with van der Waals surface area (Å²) in [5.41, 5.74) is 9.50. The quantitative estimate of drug-likeness (QED) is 0.240. The summed E-state index contributed by atoms with van der Waals surface area (Å²) in [5.74, 6) is 0.450. The van der Waals surface area contributed by atoms with E-state index in [1.165, 1.54) is 5.56 Å². The molecule has 7 heteroatoms. The largest absolute Gasteiger partial charge is 0.380 e. The molecule has 1 aliphatic heterocycles. The van der Waals surface area contributed by atoms with E-state index in [9.17, 15) is 0 Å². The van der Waals surface area contributed by atoms with Gasteiger partial charge in [0, 0.05) is 57.1 Å². The molecule has 1 heterocycles. The van der Waals surface area contributed by atoms with Crippen LogP contribution >= 0.6 is 24.0 Å². The third-order valence-corrected chi connectivity index (χ3v) is 5.34. The highest BCUT2D eigenvalue weighted by Crippen LogP contribution is 2.24. The Kier molecular flexibility index (Phi) is 10.6. The average Bonchev–Trinajstić information content (AvgIpc) is 2.74. The number of guanidine groups is 1. The fourth-order valence-corrected chi connectivity index (χ4v) is 3.79. The highest BCUT2D eigenvalue weighted by molar-refractivity contribution is 14.0. The molecule has 1 atom stereocenters. The molecule has 1 unspecified atom stereocenters. The number of aliphatic imine (C=N–C) groups is 1. The van der Waals surface area contributed by atoms with Gasteiger partial charge >= 0.3 is 0 Å². The van der Waals surface area contributed by atoms with Gasteiger partial charge in [-0.1, -0.05) is 48.5 Å². The van der Waals surface area contributed by atoms with Gasteiger partial charge in [0.05, 0.1) is 6.61 Å². The van der Waals surface area contributed by atoms with Crippen LogP contribution in [0.4, 0.5) is 5.69 Å². The van der Waals surface area contributed by atoms with Crippen molar-refractivity contribution in [1.29, 1.82) is 0 Å². The second-order valence-electron chi connectivity index (χ2n) is 7.56. The number of anilines is 1. The second kappa shape index (κ2) is 12.9.